The fourth-order valence-electron chi connectivity index (χ4n) is 2.27. The Hall–Kier alpha value is -2.29. The highest BCUT2D eigenvalue weighted by Crippen LogP contribution is 2.25. The number of aliphatic imine (C=N–C) groups is 1. The summed E-state index contributed by atoms with van der Waals surface area (Å²) in [4.78, 5) is 6.02. The Morgan fingerprint density at radius 3 is 2.60 bits per heavy atom. The zero-order valence-corrected chi connectivity index (χ0v) is 12.0. The second-order valence-corrected chi connectivity index (χ2v) is 4.93. The monoisotopic (exact) mass is 268 g/mol. The Bertz CT molecular complexity index is 608. The van der Waals surface area contributed by atoms with Gasteiger partial charge in [0.25, 0.3) is 0 Å². The predicted octanol–water partition coefficient (Wildman–Crippen LogP) is 3.71. The van der Waals surface area contributed by atoms with Gasteiger partial charge >= 0.3 is 0 Å². The number of rotatable bonds is 1. The van der Waals surface area contributed by atoms with Crippen LogP contribution in [0.1, 0.15) is 11.1 Å². The van der Waals surface area contributed by atoms with Gasteiger partial charge < -0.3 is 10.0 Å². The van der Waals surface area contributed by atoms with Crippen molar-refractivity contribution in [3.63, 3.8) is 0 Å². The van der Waals surface area contributed by atoms with Crippen LogP contribution in [0.15, 0.2) is 47.5 Å². The summed E-state index contributed by atoms with van der Waals surface area (Å²) in [5.41, 5.74) is 4.65. The summed E-state index contributed by atoms with van der Waals surface area (Å²) < 4.78 is 0. The number of anilines is 1. The van der Waals surface area contributed by atoms with Crippen molar-refractivity contribution >= 4 is 18.1 Å². The summed E-state index contributed by atoms with van der Waals surface area (Å²) in [6.07, 6.45) is 1.21. The summed E-state index contributed by atoms with van der Waals surface area (Å²) in [5, 5.41) is 8.98. The summed E-state index contributed by atoms with van der Waals surface area (Å²) in [6.45, 7) is 6.47. The van der Waals surface area contributed by atoms with Gasteiger partial charge in [-0.1, -0.05) is 24.3 Å². The summed E-state index contributed by atoms with van der Waals surface area (Å²) in [6, 6.07) is 13.6. The lowest BCUT2D eigenvalue weighted by Crippen LogP contribution is -2.12. The van der Waals surface area contributed by atoms with Crippen molar-refractivity contribution in [3.05, 3.63) is 53.6 Å². The van der Waals surface area contributed by atoms with E-state index in [4.69, 9.17) is 5.11 Å². The molecule has 0 radical (unpaired) electrons. The average molecular weight is 268 g/mol. The molecule has 0 unspecified atom stereocenters. The molecule has 3 heteroatoms. The van der Waals surface area contributed by atoms with Crippen molar-refractivity contribution in [1.82, 2.24) is 0 Å². The highest BCUT2D eigenvalue weighted by molar-refractivity contribution is 5.57. The number of phenolic OH excluding ortho intramolecular Hbond substituents is 1. The van der Waals surface area contributed by atoms with E-state index in [9.17, 15) is 0 Å². The molecule has 0 amide bonds. The van der Waals surface area contributed by atoms with Gasteiger partial charge in [-0.15, -0.1) is 0 Å². The van der Waals surface area contributed by atoms with Gasteiger partial charge in [-0.05, 0) is 43.3 Å². The molecule has 0 atom stereocenters. The first-order valence-corrected chi connectivity index (χ1v) is 6.67. The quantitative estimate of drug-likeness (QED) is 0.800. The van der Waals surface area contributed by atoms with Crippen LogP contribution in [0.4, 0.5) is 11.4 Å². The Morgan fingerprint density at radius 2 is 1.95 bits per heavy atom. The zero-order chi connectivity index (χ0) is 14.5. The first-order chi connectivity index (χ1) is 9.61. The maximum Gasteiger partial charge on any atom is 0.117 e. The Balaban J connectivity index is 0.000000147. The summed E-state index contributed by atoms with van der Waals surface area (Å²) >= 11 is 0. The van der Waals surface area contributed by atoms with Gasteiger partial charge in [0.1, 0.15) is 5.75 Å². The van der Waals surface area contributed by atoms with Crippen LogP contribution in [0.2, 0.25) is 0 Å². The normalized spacial score (nSPS) is 12.4. The molecule has 3 nitrogen and oxygen atoms in total. The van der Waals surface area contributed by atoms with Gasteiger partial charge in [0.05, 0.1) is 5.69 Å². The largest absolute Gasteiger partial charge is 0.508 e. The third kappa shape index (κ3) is 3.18. The molecule has 20 heavy (non-hydrogen) atoms. The van der Waals surface area contributed by atoms with Gasteiger partial charge in [-0.3, -0.25) is 4.99 Å². The Kier molecular flexibility index (Phi) is 4.41. The molecule has 0 spiro atoms. The second kappa shape index (κ2) is 6.24. The summed E-state index contributed by atoms with van der Waals surface area (Å²) in [5.74, 6) is 0.230. The highest BCUT2D eigenvalue weighted by Gasteiger charge is 2.12. The van der Waals surface area contributed by atoms with Crippen molar-refractivity contribution in [2.75, 3.05) is 18.5 Å². The molecule has 0 fully saturated rings. The molecular formula is C17H20N2O. The number of aryl methyl sites for hydroxylation is 1. The van der Waals surface area contributed by atoms with Crippen LogP contribution in [0, 0.1) is 6.92 Å². The molecule has 1 aliphatic rings. The minimum atomic E-state index is 0.230. The number of fused-ring (bicyclic) bond motifs is 1. The number of benzene rings is 2. The van der Waals surface area contributed by atoms with Crippen LogP contribution >= 0.6 is 0 Å². The van der Waals surface area contributed by atoms with E-state index in [0.29, 0.717) is 0 Å². The topological polar surface area (TPSA) is 35.8 Å². The molecule has 2 aromatic rings. The molecule has 1 N–H and O–H groups in total. The number of nitrogens with zero attached hydrogens (tertiary/aromatic N) is 2. The molecule has 1 heterocycles. The zero-order valence-electron chi connectivity index (χ0n) is 12.0. The van der Waals surface area contributed by atoms with E-state index in [1.165, 1.54) is 24.2 Å². The van der Waals surface area contributed by atoms with Gasteiger partial charge in [-0.25, -0.2) is 0 Å². The predicted molar refractivity (Wildman–Crippen MR) is 85.5 cm³/mol. The van der Waals surface area contributed by atoms with Crippen molar-refractivity contribution < 1.29 is 5.11 Å². The van der Waals surface area contributed by atoms with Crippen molar-refractivity contribution in [2.24, 2.45) is 4.99 Å². The van der Waals surface area contributed by atoms with Gasteiger partial charge in [0.15, 0.2) is 0 Å². The molecule has 1 aliphatic heterocycles. The fraction of sp³-hybridized carbons (Fsp3) is 0.235. The highest BCUT2D eigenvalue weighted by atomic mass is 16.3. The molecule has 0 saturated carbocycles. The maximum absolute atomic E-state index is 8.98. The lowest BCUT2D eigenvalue weighted by atomic mass is 10.2. The van der Waals surface area contributed by atoms with Crippen molar-refractivity contribution in [2.45, 2.75) is 13.3 Å². The van der Waals surface area contributed by atoms with Crippen molar-refractivity contribution in [3.8, 4) is 5.75 Å². The van der Waals surface area contributed by atoms with E-state index in [1.54, 1.807) is 18.2 Å². The molecular weight excluding hydrogens is 248 g/mol. The van der Waals surface area contributed by atoms with Gasteiger partial charge in [-0.2, -0.15) is 0 Å². The van der Waals surface area contributed by atoms with E-state index in [1.807, 2.05) is 6.92 Å². The van der Waals surface area contributed by atoms with Crippen LogP contribution in [-0.2, 0) is 6.42 Å². The lowest BCUT2D eigenvalue weighted by molar-refractivity contribution is 0.475. The molecule has 2 aromatic carbocycles. The van der Waals surface area contributed by atoms with E-state index < -0.39 is 0 Å². The molecule has 0 aliphatic carbocycles. The lowest BCUT2D eigenvalue weighted by Gasteiger charge is -2.10. The Morgan fingerprint density at radius 1 is 1.20 bits per heavy atom. The summed E-state index contributed by atoms with van der Waals surface area (Å²) in [7, 11) is 2.14. The SMILES string of the molecule is C=Nc1cc(O)ccc1C.CN1CCc2ccccc21. The van der Waals surface area contributed by atoms with E-state index in [-0.39, 0.29) is 5.75 Å². The van der Waals surface area contributed by atoms with Crippen LogP contribution in [0.5, 0.6) is 5.75 Å². The van der Waals surface area contributed by atoms with E-state index >= 15 is 0 Å². The molecule has 104 valence electrons. The number of para-hydroxylation sites is 1. The first-order valence-electron chi connectivity index (χ1n) is 6.67. The number of hydrogen-bond acceptors (Lipinski definition) is 3. The molecule has 0 bridgehead atoms. The second-order valence-electron chi connectivity index (χ2n) is 4.93. The number of hydrogen-bond donors (Lipinski definition) is 1. The van der Waals surface area contributed by atoms with Gasteiger partial charge in [0, 0.05) is 25.3 Å². The maximum atomic E-state index is 8.98. The van der Waals surface area contributed by atoms with Crippen LogP contribution < -0.4 is 4.90 Å². The molecule has 3 rings (SSSR count). The van der Waals surface area contributed by atoms with E-state index in [2.05, 4.69) is 47.9 Å². The number of phenols is 1. The van der Waals surface area contributed by atoms with Crippen molar-refractivity contribution in [1.29, 1.82) is 0 Å². The number of likely N-dealkylation sites (N-methyl/N-ethyl adjacent to an activating group) is 1. The third-order valence-corrected chi connectivity index (χ3v) is 3.48. The molecule has 0 aromatic heterocycles. The van der Waals surface area contributed by atoms with E-state index in [0.717, 1.165) is 11.3 Å². The standard InChI is InChI=1S/C9H11N.C8H9NO/c1-10-7-6-8-4-2-3-5-9(8)10;1-6-3-4-7(10)5-8(6)9-2/h2-5H,6-7H2,1H3;3-5,10H,2H2,1H3. The van der Waals surface area contributed by atoms with Crippen LogP contribution in [0.25, 0.3) is 0 Å². The third-order valence-electron chi connectivity index (χ3n) is 3.48. The van der Waals surface area contributed by atoms with Gasteiger partial charge in [0.2, 0.25) is 0 Å². The smallest absolute Gasteiger partial charge is 0.117 e. The first kappa shape index (κ1) is 14.1. The van der Waals surface area contributed by atoms with Crippen LogP contribution in [0.3, 0.4) is 0 Å². The van der Waals surface area contributed by atoms with Crippen LogP contribution in [-0.4, -0.2) is 25.4 Å². The Labute approximate surface area is 120 Å². The minimum absolute atomic E-state index is 0.230. The average Bonchev–Trinajstić information content (AvgIpc) is 2.84. The number of aromatic hydroxyl groups is 1. The fourth-order valence-corrected chi connectivity index (χ4v) is 2.27. The molecule has 0 saturated heterocycles. The minimum Gasteiger partial charge on any atom is -0.508 e.